The minimum Gasteiger partial charge on any atom is -0.324 e. The Kier molecular flexibility index (Phi) is 3.85. The summed E-state index contributed by atoms with van der Waals surface area (Å²) >= 11 is 0. The lowest BCUT2D eigenvalue weighted by atomic mass is 9.98. The monoisotopic (exact) mass is 263 g/mol. The van der Waals surface area contributed by atoms with Crippen molar-refractivity contribution in [1.29, 1.82) is 0 Å². The highest BCUT2D eigenvalue weighted by atomic mass is 19.1. The molecule has 1 heterocycles. The van der Waals surface area contributed by atoms with Crippen LogP contribution in [0, 0.1) is 25.5 Å². The topological polar surface area (TPSA) is 51.8 Å². The van der Waals surface area contributed by atoms with Crippen LogP contribution < -0.4 is 5.73 Å². The van der Waals surface area contributed by atoms with Crippen molar-refractivity contribution in [2.75, 3.05) is 0 Å². The second-order valence-corrected chi connectivity index (χ2v) is 4.57. The average molecular weight is 263 g/mol. The van der Waals surface area contributed by atoms with Gasteiger partial charge in [0.05, 0.1) is 11.4 Å². The van der Waals surface area contributed by atoms with Crippen molar-refractivity contribution in [3.63, 3.8) is 0 Å². The molecular weight excluding hydrogens is 248 g/mol. The van der Waals surface area contributed by atoms with Gasteiger partial charge in [0, 0.05) is 6.04 Å². The van der Waals surface area contributed by atoms with Crippen molar-refractivity contribution in [1.82, 2.24) is 10.2 Å². The van der Waals surface area contributed by atoms with Crippen LogP contribution in [-0.2, 0) is 6.42 Å². The summed E-state index contributed by atoms with van der Waals surface area (Å²) in [5.41, 5.74) is 8.58. The first-order chi connectivity index (χ1) is 8.97. The normalized spacial score (nSPS) is 12.5. The molecule has 0 spiro atoms. The molecule has 0 bridgehead atoms. The molecule has 0 amide bonds. The van der Waals surface area contributed by atoms with Gasteiger partial charge in [0.25, 0.3) is 0 Å². The van der Waals surface area contributed by atoms with Gasteiger partial charge in [0.1, 0.15) is 11.6 Å². The number of aromatic nitrogens is 2. The molecule has 0 fully saturated rings. The van der Waals surface area contributed by atoms with Crippen LogP contribution in [0.15, 0.2) is 24.3 Å². The molecule has 1 atom stereocenters. The zero-order valence-corrected chi connectivity index (χ0v) is 10.8. The van der Waals surface area contributed by atoms with Crippen LogP contribution in [-0.4, -0.2) is 10.2 Å². The molecule has 2 rings (SSSR count). The third kappa shape index (κ3) is 3.12. The predicted octanol–water partition coefficient (Wildman–Crippen LogP) is 2.61. The van der Waals surface area contributed by atoms with Crippen LogP contribution in [0.5, 0.6) is 0 Å². The van der Waals surface area contributed by atoms with Crippen LogP contribution in [0.2, 0.25) is 0 Å². The van der Waals surface area contributed by atoms with E-state index in [1.165, 1.54) is 6.07 Å². The number of benzene rings is 1. The highest BCUT2D eigenvalue weighted by molar-refractivity contribution is 5.27. The highest BCUT2D eigenvalue weighted by Crippen LogP contribution is 2.21. The molecule has 0 aliphatic carbocycles. The zero-order valence-electron chi connectivity index (χ0n) is 10.8. The number of nitrogens with two attached hydrogens (primary N) is 1. The first-order valence-corrected chi connectivity index (χ1v) is 5.97. The maximum absolute atomic E-state index is 13.6. The Balaban J connectivity index is 2.27. The largest absolute Gasteiger partial charge is 0.324 e. The van der Waals surface area contributed by atoms with E-state index >= 15 is 0 Å². The van der Waals surface area contributed by atoms with Gasteiger partial charge in [-0.25, -0.2) is 8.78 Å². The molecule has 0 radical (unpaired) electrons. The third-order valence-corrected chi connectivity index (χ3v) is 2.99. The Morgan fingerprint density at radius 2 is 1.89 bits per heavy atom. The summed E-state index contributed by atoms with van der Waals surface area (Å²) in [7, 11) is 0. The molecule has 0 saturated carbocycles. The van der Waals surface area contributed by atoms with Crippen LogP contribution in [0.1, 0.15) is 28.6 Å². The third-order valence-electron chi connectivity index (χ3n) is 2.99. The van der Waals surface area contributed by atoms with E-state index in [1.807, 2.05) is 13.0 Å². The second kappa shape index (κ2) is 5.40. The number of halogens is 2. The summed E-state index contributed by atoms with van der Waals surface area (Å²) in [5, 5.41) is 7.90. The molecular formula is C14H15F2N3. The van der Waals surface area contributed by atoms with E-state index in [0.29, 0.717) is 5.69 Å². The fraction of sp³-hybridized carbons (Fsp3) is 0.286. The molecule has 19 heavy (non-hydrogen) atoms. The summed E-state index contributed by atoms with van der Waals surface area (Å²) < 4.78 is 26.7. The number of hydrogen-bond donors (Lipinski definition) is 1. The molecule has 1 aromatic heterocycles. The minimum absolute atomic E-state index is 0.218. The lowest BCUT2D eigenvalue weighted by molar-refractivity contribution is 0.571. The molecule has 0 saturated heterocycles. The predicted molar refractivity (Wildman–Crippen MR) is 68.5 cm³/mol. The Hall–Kier alpha value is -1.88. The molecule has 5 heteroatoms. The smallest absolute Gasteiger partial charge is 0.126 e. The van der Waals surface area contributed by atoms with E-state index in [-0.39, 0.29) is 12.0 Å². The van der Waals surface area contributed by atoms with E-state index in [4.69, 9.17) is 5.73 Å². The lowest BCUT2D eigenvalue weighted by Gasteiger charge is -2.14. The standard InChI is InChI=1S/C14H15F2N3/c1-8-5-12(9(2)19-18-8)14(17)7-10-6-11(15)3-4-13(10)16/h3-6,14H,7,17H2,1-2H3. The molecule has 0 aliphatic heterocycles. The quantitative estimate of drug-likeness (QED) is 0.926. The van der Waals surface area contributed by atoms with Crippen molar-refractivity contribution >= 4 is 0 Å². The van der Waals surface area contributed by atoms with Crippen molar-refractivity contribution in [3.8, 4) is 0 Å². The molecule has 100 valence electrons. The van der Waals surface area contributed by atoms with E-state index < -0.39 is 17.7 Å². The summed E-state index contributed by atoms with van der Waals surface area (Å²) in [6.07, 6.45) is 0.218. The van der Waals surface area contributed by atoms with Crippen LogP contribution in [0.25, 0.3) is 0 Å². The second-order valence-electron chi connectivity index (χ2n) is 4.57. The Morgan fingerprint density at radius 3 is 2.63 bits per heavy atom. The van der Waals surface area contributed by atoms with Gasteiger partial charge in [-0.2, -0.15) is 10.2 Å². The van der Waals surface area contributed by atoms with Crippen molar-refractivity contribution < 1.29 is 8.78 Å². The zero-order chi connectivity index (χ0) is 14.0. The van der Waals surface area contributed by atoms with Gasteiger partial charge in [-0.05, 0) is 55.7 Å². The highest BCUT2D eigenvalue weighted by Gasteiger charge is 2.14. The van der Waals surface area contributed by atoms with Gasteiger partial charge < -0.3 is 5.73 Å². The molecule has 2 aromatic rings. The van der Waals surface area contributed by atoms with Crippen LogP contribution in [0.3, 0.4) is 0 Å². The Morgan fingerprint density at radius 1 is 1.16 bits per heavy atom. The van der Waals surface area contributed by atoms with Gasteiger partial charge in [0.15, 0.2) is 0 Å². The minimum atomic E-state index is -0.468. The molecule has 2 N–H and O–H groups in total. The van der Waals surface area contributed by atoms with Gasteiger partial charge in [-0.15, -0.1) is 0 Å². The van der Waals surface area contributed by atoms with E-state index in [1.54, 1.807) is 6.92 Å². The van der Waals surface area contributed by atoms with Crippen LogP contribution in [0.4, 0.5) is 8.78 Å². The Bertz CT molecular complexity index is 599. The van der Waals surface area contributed by atoms with Gasteiger partial charge in [0.2, 0.25) is 0 Å². The maximum Gasteiger partial charge on any atom is 0.126 e. The van der Waals surface area contributed by atoms with E-state index in [2.05, 4.69) is 10.2 Å². The average Bonchev–Trinajstić information content (AvgIpc) is 2.36. The Labute approximate surface area is 110 Å². The number of aryl methyl sites for hydroxylation is 2. The SMILES string of the molecule is Cc1cc(C(N)Cc2cc(F)ccc2F)c(C)nn1. The molecule has 3 nitrogen and oxygen atoms in total. The summed E-state index contributed by atoms with van der Waals surface area (Å²) in [4.78, 5) is 0. The maximum atomic E-state index is 13.6. The van der Waals surface area contributed by atoms with Crippen LogP contribution >= 0.6 is 0 Å². The number of hydrogen-bond acceptors (Lipinski definition) is 3. The molecule has 1 aromatic carbocycles. The fourth-order valence-corrected chi connectivity index (χ4v) is 1.99. The van der Waals surface area contributed by atoms with E-state index in [0.717, 1.165) is 23.4 Å². The summed E-state index contributed by atoms with van der Waals surface area (Å²) in [5.74, 6) is -0.919. The first kappa shape index (κ1) is 13.5. The fourth-order valence-electron chi connectivity index (χ4n) is 1.99. The summed E-state index contributed by atoms with van der Waals surface area (Å²) in [6.45, 7) is 3.61. The van der Waals surface area contributed by atoms with Gasteiger partial charge in [-0.1, -0.05) is 0 Å². The van der Waals surface area contributed by atoms with Crippen molar-refractivity contribution in [3.05, 3.63) is 58.4 Å². The first-order valence-electron chi connectivity index (χ1n) is 5.97. The molecule has 0 aliphatic rings. The number of nitrogens with zero attached hydrogens (tertiary/aromatic N) is 2. The summed E-state index contributed by atoms with van der Waals surface area (Å²) in [6, 6.07) is 4.76. The van der Waals surface area contributed by atoms with Gasteiger partial charge in [-0.3, -0.25) is 0 Å². The van der Waals surface area contributed by atoms with Crippen molar-refractivity contribution in [2.45, 2.75) is 26.3 Å². The number of rotatable bonds is 3. The van der Waals surface area contributed by atoms with E-state index in [9.17, 15) is 8.78 Å². The van der Waals surface area contributed by atoms with Gasteiger partial charge >= 0.3 is 0 Å². The molecule has 1 unspecified atom stereocenters. The lowest BCUT2D eigenvalue weighted by Crippen LogP contribution is -2.17. The van der Waals surface area contributed by atoms with Crippen molar-refractivity contribution in [2.24, 2.45) is 5.73 Å².